The highest BCUT2D eigenvalue weighted by atomic mass is 32.2. The second kappa shape index (κ2) is 6.79. The molecule has 12 heteroatoms. The Balaban J connectivity index is 2.01. The van der Waals surface area contributed by atoms with Crippen molar-refractivity contribution in [2.75, 3.05) is 18.5 Å². The smallest absolute Gasteiger partial charge is 0.276 e. The number of hydrogen-bond donors (Lipinski definition) is 3. The number of amides is 1. The number of rotatable bonds is 3. The van der Waals surface area contributed by atoms with Crippen LogP contribution in [0.25, 0.3) is 0 Å². The number of hydrogen-bond acceptors (Lipinski definition) is 5. The third kappa shape index (κ3) is 3.45. The maximum absolute atomic E-state index is 13.4. The van der Waals surface area contributed by atoms with Crippen LogP contribution in [0.1, 0.15) is 17.4 Å². The van der Waals surface area contributed by atoms with E-state index in [1.54, 1.807) is 0 Å². The van der Waals surface area contributed by atoms with Crippen LogP contribution in [0.5, 0.6) is 5.75 Å². The number of aliphatic hydroxyl groups is 1. The summed E-state index contributed by atoms with van der Waals surface area (Å²) in [6.07, 6.45) is 1.13. The second-order valence-electron chi connectivity index (χ2n) is 6.60. The van der Waals surface area contributed by atoms with Crippen molar-refractivity contribution in [1.29, 1.82) is 0 Å². The average molecular weight is 419 g/mol. The first-order chi connectivity index (χ1) is 13.0. The first kappa shape index (κ1) is 20.2. The van der Waals surface area contributed by atoms with Gasteiger partial charge in [-0.2, -0.15) is 4.72 Å². The summed E-state index contributed by atoms with van der Waals surface area (Å²) in [5.41, 5.74) is -1.93. The molecule has 1 aliphatic heterocycles. The number of benzene rings is 1. The summed E-state index contributed by atoms with van der Waals surface area (Å²) in [6.45, 7) is 0.582. The van der Waals surface area contributed by atoms with Gasteiger partial charge in [-0.1, -0.05) is 0 Å². The molecule has 1 aliphatic rings. The minimum absolute atomic E-state index is 0.243. The molecule has 0 fully saturated rings. The van der Waals surface area contributed by atoms with Gasteiger partial charge in [0.25, 0.3) is 5.91 Å². The first-order valence-corrected chi connectivity index (χ1v) is 9.38. The van der Waals surface area contributed by atoms with E-state index in [-0.39, 0.29) is 28.6 Å². The van der Waals surface area contributed by atoms with E-state index < -0.39 is 45.5 Å². The van der Waals surface area contributed by atoms with Crippen molar-refractivity contribution in [2.45, 2.75) is 17.4 Å². The lowest BCUT2D eigenvalue weighted by Gasteiger charge is -2.25. The summed E-state index contributed by atoms with van der Waals surface area (Å²) >= 11 is 0. The lowest BCUT2D eigenvalue weighted by molar-refractivity contribution is 0.100. The Morgan fingerprint density at radius 3 is 2.54 bits per heavy atom. The predicted octanol–water partition coefficient (Wildman–Crippen LogP) is 1.12. The minimum atomic E-state index is -4.13. The molecule has 28 heavy (non-hydrogen) atoms. The number of halogens is 3. The lowest BCUT2D eigenvalue weighted by Crippen LogP contribution is -2.51. The number of aliphatic hydroxyl groups excluding tert-OH is 1. The maximum Gasteiger partial charge on any atom is 0.276 e. The number of nitrogens with zero attached hydrogens (tertiary/aromatic N) is 1. The molecule has 2 heterocycles. The van der Waals surface area contributed by atoms with Crippen LogP contribution in [0.2, 0.25) is 0 Å². The van der Waals surface area contributed by atoms with Gasteiger partial charge < -0.3 is 19.7 Å². The van der Waals surface area contributed by atoms with Crippen molar-refractivity contribution in [1.82, 2.24) is 9.29 Å². The summed E-state index contributed by atoms with van der Waals surface area (Å²) in [7, 11) is -2.76. The van der Waals surface area contributed by atoms with Crippen molar-refractivity contribution in [3.63, 3.8) is 0 Å². The van der Waals surface area contributed by atoms with Crippen molar-refractivity contribution in [3.05, 3.63) is 41.5 Å². The molecule has 3 N–H and O–H groups in total. The van der Waals surface area contributed by atoms with E-state index in [2.05, 4.69) is 10.0 Å². The molecule has 0 spiro atoms. The van der Waals surface area contributed by atoms with Gasteiger partial charge in [-0.3, -0.25) is 4.79 Å². The normalized spacial score (nSPS) is 20.8. The Kier molecular flexibility index (Phi) is 4.89. The van der Waals surface area contributed by atoms with E-state index in [1.165, 1.54) is 14.0 Å². The van der Waals surface area contributed by atoms with Crippen LogP contribution in [-0.2, 0) is 17.1 Å². The molecule has 0 saturated heterocycles. The van der Waals surface area contributed by atoms with E-state index in [0.29, 0.717) is 12.1 Å². The molecule has 1 aromatic heterocycles. The third-order valence-electron chi connectivity index (χ3n) is 4.11. The molecule has 8 nitrogen and oxygen atoms in total. The Labute approximate surface area is 158 Å². The molecule has 1 aromatic carbocycles. The van der Waals surface area contributed by atoms with Crippen molar-refractivity contribution in [3.8, 4) is 5.75 Å². The Morgan fingerprint density at radius 2 is 1.96 bits per heavy atom. The van der Waals surface area contributed by atoms with E-state index in [0.717, 1.165) is 10.8 Å². The van der Waals surface area contributed by atoms with E-state index in [4.69, 9.17) is 4.74 Å². The Bertz CT molecular complexity index is 1050. The number of anilines is 1. The fourth-order valence-electron chi connectivity index (χ4n) is 2.71. The molecular weight excluding hydrogens is 403 g/mol. The Morgan fingerprint density at radius 1 is 1.36 bits per heavy atom. The van der Waals surface area contributed by atoms with Crippen LogP contribution < -0.4 is 14.8 Å². The van der Waals surface area contributed by atoms with Crippen molar-refractivity contribution < 1.29 is 36.2 Å². The van der Waals surface area contributed by atoms with Crippen molar-refractivity contribution >= 4 is 21.6 Å². The van der Waals surface area contributed by atoms with Gasteiger partial charge in [0.05, 0.1) is 12.1 Å². The fourth-order valence-corrected chi connectivity index (χ4v) is 4.29. The quantitative estimate of drug-likeness (QED) is 0.646. The van der Waals surface area contributed by atoms with Gasteiger partial charge in [0.2, 0.25) is 10.0 Å². The highest BCUT2D eigenvalue weighted by Crippen LogP contribution is 2.34. The van der Waals surface area contributed by atoms with Crippen LogP contribution in [0.3, 0.4) is 0 Å². The van der Waals surface area contributed by atoms with Gasteiger partial charge in [-0.25, -0.2) is 21.6 Å². The largest absolute Gasteiger partial charge is 0.488 e. The summed E-state index contributed by atoms with van der Waals surface area (Å²) in [5, 5.41) is 11.6. The SMILES string of the molecule is Cn1cc2c(c1C(=O)Nc1cc(F)c(F)c(F)c1)OCC(C)(CO)NS2(=O)=O. The zero-order valence-corrected chi connectivity index (χ0v) is 15.5. The van der Waals surface area contributed by atoms with Gasteiger partial charge >= 0.3 is 0 Å². The maximum atomic E-state index is 13.4. The average Bonchev–Trinajstić information content (AvgIpc) is 2.90. The number of aryl methyl sites for hydroxylation is 1. The van der Waals surface area contributed by atoms with Crippen LogP contribution in [-0.4, -0.2) is 42.8 Å². The molecule has 152 valence electrons. The summed E-state index contributed by atoms with van der Waals surface area (Å²) in [4.78, 5) is 12.3. The van der Waals surface area contributed by atoms with Gasteiger partial charge in [0.1, 0.15) is 11.5 Å². The number of carbonyl (C=O) groups is 1. The predicted molar refractivity (Wildman–Crippen MR) is 91.0 cm³/mol. The number of nitrogens with one attached hydrogen (secondary N) is 2. The molecule has 2 aromatic rings. The topological polar surface area (TPSA) is 110 Å². The van der Waals surface area contributed by atoms with Crippen LogP contribution in [0.15, 0.2) is 23.2 Å². The van der Waals surface area contributed by atoms with Gasteiger partial charge in [-0.05, 0) is 6.92 Å². The lowest BCUT2D eigenvalue weighted by atomic mass is 10.1. The number of fused-ring (bicyclic) bond motifs is 1. The number of aromatic nitrogens is 1. The molecule has 1 unspecified atom stereocenters. The molecule has 1 amide bonds. The van der Waals surface area contributed by atoms with E-state index in [1.807, 2.05) is 0 Å². The summed E-state index contributed by atoms with van der Waals surface area (Å²) in [6, 6.07) is 1.17. The zero-order chi connectivity index (χ0) is 20.9. The van der Waals surface area contributed by atoms with Gasteiger partial charge in [0.15, 0.2) is 28.9 Å². The van der Waals surface area contributed by atoms with Crippen LogP contribution in [0.4, 0.5) is 18.9 Å². The molecule has 0 aliphatic carbocycles. The number of carbonyl (C=O) groups excluding carboxylic acids is 1. The monoisotopic (exact) mass is 419 g/mol. The fraction of sp³-hybridized carbons (Fsp3) is 0.312. The van der Waals surface area contributed by atoms with Crippen molar-refractivity contribution in [2.24, 2.45) is 7.05 Å². The molecule has 3 rings (SSSR count). The van der Waals surface area contributed by atoms with Crippen LogP contribution in [0, 0.1) is 17.5 Å². The molecule has 0 radical (unpaired) electrons. The molecule has 0 bridgehead atoms. The van der Waals surface area contributed by atoms with Crippen LogP contribution >= 0.6 is 0 Å². The molecular formula is C16H16F3N3O5S. The standard InChI is InChI=1S/C16H16F3N3O5S/c1-16(6-23)7-27-14-11(28(25,26)21-16)5-22(2)13(14)15(24)20-8-3-9(17)12(19)10(18)4-8/h3-5,21,23H,6-7H2,1-2H3,(H,20,24). The third-order valence-corrected chi connectivity index (χ3v) is 5.74. The number of sulfonamides is 1. The summed E-state index contributed by atoms with van der Waals surface area (Å²) < 4.78 is 73.8. The zero-order valence-electron chi connectivity index (χ0n) is 14.7. The number of ether oxygens (including phenoxy) is 1. The second-order valence-corrected chi connectivity index (χ2v) is 8.25. The first-order valence-electron chi connectivity index (χ1n) is 7.90. The highest BCUT2D eigenvalue weighted by Gasteiger charge is 2.39. The summed E-state index contributed by atoms with van der Waals surface area (Å²) in [5.74, 6) is -5.90. The van der Waals surface area contributed by atoms with Gasteiger partial charge in [0, 0.05) is 31.1 Å². The van der Waals surface area contributed by atoms with E-state index >= 15 is 0 Å². The Hall–Kier alpha value is -2.57. The highest BCUT2D eigenvalue weighted by molar-refractivity contribution is 7.89. The molecule has 0 saturated carbocycles. The molecule has 1 atom stereocenters. The van der Waals surface area contributed by atoms with E-state index in [9.17, 15) is 31.5 Å². The minimum Gasteiger partial charge on any atom is -0.488 e. The van der Waals surface area contributed by atoms with Gasteiger partial charge in [-0.15, -0.1) is 0 Å².